The Labute approximate surface area is 115 Å². The Morgan fingerprint density at radius 1 is 1.40 bits per heavy atom. The smallest absolute Gasteiger partial charge is 0.358 e. The van der Waals surface area contributed by atoms with Crippen molar-refractivity contribution in [2.45, 2.75) is 19.0 Å². The van der Waals surface area contributed by atoms with Crippen LogP contribution in [-0.4, -0.2) is 42.5 Å². The van der Waals surface area contributed by atoms with Crippen molar-refractivity contribution in [3.05, 3.63) is 23.9 Å². The number of nitrogens with zero attached hydrogens (tertiary/aromatic N) is 3. The quantitative estimate of drug-likeness (QED) is 0.851. The first kappa shape index (κ1) is 14.6. The van der Waals surface area contributed by atoms with Gasteiger partial charge >= 0.3 is 6.18 Å². The second-order valence-corrected chi connectivity index (χ2v) is 4.78. The monoisotopic (exact) mass is 287 g/mol. The molecule has 0 bridgehead atoms. The predicted octanol–water partition coefficient (Wildman–Crippen LogP) is 2.16. The molecule has 1 aromatic rings. The third-order valence-corrected chi connectivity index (χ3v) is 3.29. The second-order valence-electron chi connectivity index (χ2n) is 4.78. The lowest BCUT2D eigenvalue weighted by molar-refractivity contribution is -0.141. The van der Waals surface area contributed by atoms with Gasteiger partial charge in [0.25, 0.3) is 0 Å². The van der Waals surface area contributed by atoms with Gasteiger partial charge in [-0.2, -0.15) is 13.2 Å². The fraction of sp³-hybridized carbons (Fsp3) is 0.538. The molecular formula is C13H16F3N3O. The minimum Gasteiger partial charge on any atom is -0.358 e. The van der Waals surface area contributed by atoms with Gasteiger partial charge in [-0.25, -0.2) is 4.98 Å². The molecule has 0 atom stereocenters. The van der Waals surface area contributed by atoms with Crippen molar-refractivity contribution in [2.24, 2.45) is 0 Å². The van der Waals surface area contributed by atoms with Gasteiger partial charge in [0.05, 0.1) is 0 Å². The third-order valence-electron chi connectivity index (χ3n) is 3.29. The number of carbonyl (C=O) groups excluding carboxylic acids is 1. The molecule has 0 radical (unpaired) electrons. The Morgan fingerprint density at radius 3 is 2.75 bits per heavy atom. The van der Waals surface area contributed by atoms with E-state index in [-0.39, 0.29) is 11.7 Å². The van der Waals surface area contributed by atoms with Crippen molar-refractivity contribution < 1.29 is 18.0 Å². The van der Waals surface area contributed by atoms with Crippen LogP contribution >= 0.6 is 0 Å². The number of aromatic nitrogens is 1. The van der Waals surface area contributed by atoms with Crippen LogP contribution in [0.2, 0.25) is 0 Å². The zero-order valence-electron chi connectivity index (χ0n) is 11.2. The van der Waals surface area contributed by atoms with Crippen LogP contribution < -0.4 is 4.90 Å². The number of halogens is 3. The molecular weight excluding hydrogens is 271 g/mol. The lowest BCUT2D eigenvalue weighted by Crippen LogP contribution is -2.34. The van der Waals surface area contributed by atoms with E-state index in [1.807, 2.05) is 0 Å². The topological polar surface area (TPSA) is 36.4 Å². The molecule has 4 nitrogen and oxygen atoms in total. The summed E-state index contributed by atoms with van der Waals surface area (Å²) in [6, 6.07) is 3.81. The maximum atomic E-state index is 12.6. The molecule has 1 amide bonds. The summed E-state index contributed by atoms with van der Waals surface area (Å²) in [5.74, 6) is 0.363. The molecule has 2 rings (SSSR count). The first-order chi connectivity index (χ1) is 9.38. The Hall–Kier alpha value is -1.79. The summed E-state index contributed by atoms with van der Waals surface area (Å²) in [4.78, 5) is 18.4. The molecule has 0 aromatic carbocycles. The number of amides is 1. The first-order valence-electron chi connectivity index (χ1n) is 6.41. The molecule has 0 spiro atoms. The van der Waals surface area contributed by atoms with Crippen LogP contribution in [0.4, 0.5) is 19.0 Å². The summed E-state index contributed by atoms with van der Waals surface area (Å²) >= 11 is 0. The largest absolute Gasteiger partial charge is 0.433 e. The van der Waals surface area contributed by atoms with Crippen molar-refractivity contribution in [3.63, 3.8) is 0 Å². The number of alkyl halides is 3. The van der Waals surface area contributed by atoms with Gasteiger partial charge in [-0.15, -0.1) is 0 Å². The molecule has 0 aliphatic carbocycles. The molecule has 0 N–H and O–H groups in total. The Morgan fingerprint density at radius 2 is 2.15 bits per heavy atom. The second kappa shape index (κ2) is 5.68. The van der Waals surface area contributed by atoms with Crippen LogP contribution in [0.5, 0.6) is 0 Å². The van der Waals surface area contributed by atoms with Gasteiger partial charge in [0.2, 0.25) is 5.91 Å². The zero-order valence-corrected chi connectivity index (χ0v) is 11.2. The lowest BCUT2D eigenvalue weighted by atomic mass is 10.3. The number of rotatable bonds is 4. The van der Waals surface area contributed by atoms with Gasteiger partial charge in [0.1, 0.15) is 11.5 Å². The zero-order chi connectivity index (χ0) is 14.8. The van der Waals surface area contributed by atoms with Gasteiger partial charge in [-0.05, 0) is 18.6 Å². The van der Waals surface area contributed by atoms with Crippen LogP contribution in [0.25, 0.3) is 0 Å². The Kier molecular flexibility index (Phi) is 4.15. The average Bonchev–Trinajstić information content (AvgIpc) is 2.81. The fourth-order valence-electron chi connectivity index (χ4n) is 2.12. The molecule has 1 fully saturated rings. The van der Waals surface area contributed by atoms with E-state index >= 15 is 0 Å². The van der Waals surface area contributed by atoms with E-state index in [0.717, 1.165) is 19.0 Å². The number of hydrogen-bond donors (Lipinski definition) is 0. The summed E-state index contributed by atoms with van der Waals surface area (Å²) in [7, 11) is 1.67. The first-order valence-corrected chi connectivity index (χ1v) is 6.41. The van der Waals surface area contributed by atoms with Crippen molar-refractivity contribution in [3.8, 4) is 0 Å². The van der Waals surface area contributed by atoms with Gasteiger partial charge < -0.3 is 9.80 Å². The van der Waals surface area contributed by atoms with Crippen LogP contribution in [-0.2, 0) is 11.0 Å². The summed E-state index contributed by atoms with van der Waals surface area (Å²) in [5, 5.41) is 0. The van der Waals surface area contributed by atoms with E-state index in [4.69, 9.17) is 0 Å². The molecule has 7 heteroatoms. The molecule has 1 aliphatic heterocycles. The SMILES string of the molecule is CN(CCN1CCCC1=O)c1cccc(C(F)(F)F)n1. The van der Waals surface area contributed by atoms with Crippen molar-refractivity contribution in [2.75, 3.05) is 31.6 Å². The van der Waals surface area contributed by atoms with Crippen molar-refractivity contribution in [1.82, 2.24) is 9.88 Å². The van der Waals surface area contributed by atoms with Gasteiger partial charge in [0, 0.05) is 33.1 Å². The number of likely N-dealkylation sites (tertiary alicyclic amines) is 1. The van der Waals surface area contributed by atoms with E-state index in [2.05, 4.69) is 4.98 Å². The Balaban J connectivity index is 1.98. The molecule has 20 heavy (non-hydrogen) atoms. The minimum atomic E-state index is -4.44. The average molecular weight is 287 g/mol. The van der Waals surface area contributed by atoms with E-state index in [9.17, 15) is 18.0 Å². The number of hydrogen-bond acceptors (Lipinski definition) is 3. The highest BCUT2D eigenvalue weighted by atomic mass is 19.4. The van der Waals surface area contributed by atoms with E-state index in [1.54, 1.807) is 16.8 Å². The van der Waals surface area contributed by atoms with Crippen LogP contribution in [0.3, 0.4) is 0 Å². The molecule has 1 saturated heterocycles. The molecule has 0 saturated carbocycles. The number of anilines is 1. The maximum absolute atomic E-state index is 12.6. The van der Waals surface area contributed by atoms with Crippen LogP contribution in [0, 0.1) is 0 Å². The summed E-state index contributed by atoms with van der Waals surface area (Å²) < 4.78 is 37.7. The third kappa shape index (κ3) is 3.40. The molecule has 2 heterocycles. The van der Waals surface area contributed by atoms with E-state index < -0.39 is 11.9 Å². The lowest BCUT2D eigenvalue weighted by Gasteiger charge is -2.23. The van der Waals surface area contributed by atoms with Crippen LogP contribution in [0.15, 0.2) is 18.2 Å². The van der Waals surface area contributed by atoms with Crippen molar-refractivity contribution >= 4 is 11.7 Å². The van der Waals surface area contributed by atoms with E-state index in [0.29, 0.717) is 19.5 Å². The van der Waals surface area contributed by atoms with Gasteiger partial charge in [-0.1, -0.05) is 6.07 Å². The highest BCUT2D eigenvalue weighted by molar-refractivity contribution is 5.78. The minimum absolute atomic E-state index is 0.107. The highest BCUT2D eigenvalue weighted by Gasteiger charge is 2.32. The van der Waals surface area contributed by atoms with E-state index in [1.165, 1.54) is 12.1 Å². The number of carbonyl (C=O) groups is 1. The predicted molar refractivity (Wildman–Crippen MR) is 68.3 cm³/mol. The molecule has 1 aliphatic rings. The highest BCUT2D eigenvalue weighted by Crippen LogP contribution is 2.28. The molecule has 1 aromatic heterocycles. The van der Waals surface area contributed by atoms with Crippen LogP contribution in [0.1, 0.15) is 18.5 Å². The standard InChI is InChI=1S/C13H16F3N3O/c1-18(8-9-19-7-3-6-12(19)20)11-5-2-4-10(17-11)13(14,15)16/h2,4-5H,3,6-9H2,1H3. The summed E-state index contributed by atoms with van der Waals surface area (Å²) in [5.41, 5.74) is -0.904. The molecule has 110 valence electrons. The summed E-state index contributed by atoms with van der Waals surface area (Å²) in [6.07, 6.45) is -3.03. The van der Waals surface area contributed by atoms with Crippen molar-refractivity contribution in [1.29, 1.82) is 0 Å². The van der Waals surface area contributed by atoms with Gasteiger partial charge in [-0.3, -0.25) is 4.79 Å². The normalized spacial score (nSPS) is 15.8. The number of pyridine rings is 1. The molecule has 0 unspecified atom stereocenters. The summed E-state index contributed by atoms with van der Waals surface area (Å²) in [6.45, 7) is 1.69. The maximum Gasteiger partial charge on any atom is 0.433 e. The number of likely N-dealkylation sites (N-methyl/N-ethyl adjacent to an activating group) is 1. The fourth-order valence-corrected chi connectivity index (χ4v) is 2.12. The Bertz CT molecular complexity index is 490. The van der Waals surface area contributed by atoms with Gasteiger partial charge in [0.15, 0.2) is 0 Å².